The summed E-state index contributed by atoms with van der Waals surface area (Å²) in [5.74, 6) is -0.531. The molecule has 0 radical (unpaired) electrons. The topological polar surface area (TPSA) is 86.6 Å². The van der Waals surface area contributed by atoms with E-state index in [2.05, 4.69) is 17.4 Å². The highest BCUT2D eigenvalue weighted by atomic mass is 16.4. The summed E-state index contributed by atoms with van der Waals surface area (Å²) in [6.45, 7) is 0. The van der Waals surface area contributed by atoms with Crippen molar-refractivity contribution in [2.45, 2.75) is 43.9 Å². The van der Waals surface area contributed by atoms with Crippen LogP contribution in [-0.2, 0) is 10.2 Å². The molecule has 0 spiro atoms. The number of rotatable bonds is 5. The lowest BCUT2D eigenvalue weighted by Crippen LogP contribution is -2.56. The lowest BCUT2D eigenvalue weighted by Gasteiger charge is -2.60. The zero-order valence-electron chi connectivity index (χ0n) is 16.2. The normalized spacial score (nSPS) is 32.1. The summed E-state index contributed by atoms with van der Waals surface area (Å²) in [6.07, 6.45) is 5.79. The molecule has 3 N–H and O–H groups in total. The van der Waals surface area contributed by atoms with Crippen molar-refractivity contribution in [2.24, 2.45) is 17.3 Å². The molecule has 6 rings (SSSR count). The van der Waals surface area contributed by atoms with Gasteiger partial charge >= 0.3 is 11.9 Å². The van der Waals surface area contributed by atoms with Gasteiger partial charge in [0.25, 0.3) is 0 Å². The lowest BCUT2D eigenvalue weighted by molar-refractivity contribution is -0.167. The van der Waals surface area contributed by atoms with Gasteiger partial charge in [-0.3, -0.25) is 4.79 Å². The van der Waals surface area contributed by atoms with E-state index < -0.39 is 17.4 Å². The molecule has 4 saturated carbocycles. The van der Waals surface area contributed by atoms with Crippen LogP contribution < -0.4 is 5.32 Å². The first kappa shape index (κ1) is 18.2. The van der Waals surface area contributed by atoms with Crippen molar-refractivity contribution < 1.29 is 19.8 Å². The molecule has 0 saturated heterocycles. The molecule has 29 heavy (non-hydrogen) atoms. The van der Waals surface area contributed by atoms with E-state index in [0.717, 1.165) is 37.8 Å². The summed E-state index contributed by atoms with van der Waals surface area (Å²) in [7, 11) is 0. The Morgan fingerprint density at radius 3 is 2.17 bits per heavy atom. The van der Waals surface area contributed by atoms with E-state index in [4.69, 9.17) is 0 Å². The number of nitrogens with one attached hydrogen (secondary N) is 1. The van der Waals surface area contributed by atoms with Gasteiger partial charge in [0.15, 0.2) is 0 Å². The fraction of sp³-hybridized carbons (Fsp3) is 0.417. The summed E-state index contributed by atoms with van der Waals surface area (Å²) >= 11 is 0. The molecule has 0 aromatic heterocycles. The van der Waals surface area contributed by atoms with Crippen molar-refractivity contribution in [3.63, 3.8) is 0 Å². The molecule has 4 aliphatic rings. The highest BCUT2D eigenvalue weighted by molar-refractivity contribution is 5.95. The Kier molecular flexibility index (Phi) is 3.99. The molecule has 2 aromatic carbocycles. The smallest absolute Gasteiger partial charge is 0.337 e. The quantitative estimate of drug-likeness (QED) is 0.664. The predicted octanol–water partition coefficient (Wildman–Crippen LogP) is 5.05. The molecule has 0 amide bonds. The number of carbonyl (C=O) groups is 2. The van der Waals surface area contributed by atoms with Gasteiger partial charge in [0, 0.05) is 5.69 Å². The zero-order valence-corrected chi connectivity index (χ0v) is 16.2. The average molecular weight is 391 g/mol. The molecule has 4 aliphatic carbocycles. The average Bonchev–Trinajstić information content (AvgIpc) is 2.67. The Morgan fingerprint density at radius 1 is 0.897 bits per heavy atom. The van der Waals surface area contributed by atoms with Gasteiger partial charge in [0.05, 0.1) is 16.7 Å². The second-order valence-corrected chi connectivity index (χ2v) is 9.38. The van der Waals surface area contributed by atoms with Crippen molar-refractivity contribution in [1.82, 2.24) is 0 Å². The van der Waals surface area contributed by atoms with Gasteiger partial charge in [-0.15, -0.1) is 0 Å². The van der Waals surface area contributed by atoms with Crippen LogP contribution >= 0.6 is 0 Å². The highest BCUT2D eigenvalue weighted by Gasteiger charge is 2.61. The maximum absolute atomic E-state index is 12.1. The van der Waals surface area contributed by atoms with Crippen molar-refractivity contribution in [1.29, 1.82) is 0 Å². The van der Waals surface area contributed by atoms with E-state index in [1.165, 1.54) is 12.0 Å². The van der Waals surface area contributed by atoms with E-state index in [0.29, 0.717) is 17.5 Å². The summed E-state index contributed by atoms with van der Waals surface area (Å²) < 4.78 is 0. The minimum atomic E-state index is -0.961. The van der Waals surface area contributed by atoms with Crippen LogP contribution in [0.2, 0.25) is 0 Å². The van der Waals surface area contributed by atoms with Gasteiger partial charge in [-0.2, -0.15) is 0 Å². The predicted molar refractivity (Wildman–Crippen MR) is 110 cm³/mol. The zero-order chi connectivity index (χ0) is 20.2. The standard InChI is InChI=1S/C24H25NO4/c26-21(27)19-3-1-2-4-20(19)25-18-7-5-17(6-8-18)23-10-15-9-16(11-23)13-24(12-15,14-23)22(28)29/h1-8,15-16,25H,9-14H2,(H,26,27)(H,28,29). The summed E-state index contributed by atoms with van der Waals surface area (Å²) in [6, 6.07) is 15.0. The number of carboxylic acid groups (broad SMARTS) is 2. The minimum absolute atomic E-state index is 0.0278. The number of anilines is 2. The second kappa shape index (κ2) is 6.34. The fourth-order valence-electron chi connectivity index (χ4n) is 6.69. The Bertz CT molecular complexity index is 967. The molecule has 4 bridgehead atoms. The van der Waals surface area contributed by atoms with Crippen LogP contribution in [0.25, 0.3) is 0 Å². The third kappa shape index (κ3) is 2.91. The number of hydrogen-bond acceptors (Lipinski definition) is 3. The Balaban J connectivity index is 1.43. The molecule has 2 aromatic rings. The molecule has 5 nitrogen and oxygen atoms in total. The summed E-state index contributed by atoms with van der Waals surface area (Å²) in [5.41, 5.74) is 2.30. The first-order chi connectivity index (χ1) is 13.9. The number of aromatic carboxylic acids is 1. The largest absolute Gasteiger partial charge is 0.481 e. The van der Waals surface area contributed by atoms with Gasteiger partial charge in [-0.25, -0.2) is 4.79 Å². The first-order valence-electron chi connectivity index (χ1n) is 10.3. The van der Waals surface area contributed by atoms with E-state index in [1.54, 1.807) is 18.2 Å². The molecule has 5 heteroatoms. The molecule has 150 valence electrons. The van der Waals surface area contributed by atoms with Gasteiger partial charge in [-0.1, -0.05) is 24.3 Å². The molecule has 0 heterocycles. The number of hydrogen-bond donors (Lipinski definition) is 3. The Labute approximate surface area is 169 Å². The molecule has 2 atom stereocenters. The van der Waals surface area contributed by atoms with Gasteiger partial charge in [0.2, 0.25) is 0 Å². The molecular formula is C24H25NO4. The van der Waals surface area contributed by atoms with Crippen molar-refractivity contribution >= 4 is 23.3 Å². The fourth-order valence-corrected chi connectivity index (χ4v) is 6.69. The molecular weight excluding hydrogens is 366 g/mol. The molecule has 4 fully saturated rings. The third-order valence-corrected chi connectivity index (χ3v) is 7.45. The van der Waals surface area contributed by atoms with Crippen LogP contribution in [0.3, 0.4) is 0 Å². The molecule has 0 aliphatic heterocycles. The maximum atomic E-state index is 12.1. The number of benzene rings is 2. The minimum Gasteiger partial charge on any atom is -0.481 e. The van der Waals surface area contributed by atoms with Gasteiger partial charge in [0.1, 0.15) is 0 Å². The SMILES string of the molecule is O=C(O)c1ccccc1Nc1ccc(C23CC4CC(CC(C(=O)O)(C4)C2)C3)cc1. The Hall–Kier alpha value is -2.82. The monoisotopic (exact) mass is 391 g/mol. The third-order valence-electron chi connectivity index (χ3n) is 7.45. The van der Waals surface area contributed by atoms with Crippen LogP contribution in [0.15, 0.2) is 48.5 Å². The van der Waals surface area contributed by atoms with Crippen LogP contribution in [0.4, 0.5) is 11.4 Å². The van der Waals surface area contributed by atoms with Gasteiger partial charge in [-0.05, 0) is 85.6 Å². The first-order valence-corrected chi connectivity index (χ1v) is 10.3. The van der Waals surface area contributed by atoms with Crippen molar-refractivity contribution in [3.05, 3.63) is 59.7 Å². The Morgan fingerprint density at radius 2 is 1.55 bits per heavy atom. The second-order valence-electron chi connectivity index (χ2n) is 9.38. The van der Waals surface area contributed by atoms with Crippen LogP contribution in [-0.4, -0.2) is 22.2 Å². The maximum Gasteiger partial charge on any atom is 0.337 e. The van der Waals surface area contributed by atoms with E-state index in [1.807, 2.05) is 18.2 Å². The van der Waals surface area contributed by atoms with E-state index >= 15 is 0 Å². The summed E-state index contributed by atoms with van der Waals surface area (Å²) in [5, 5.41) is 22.5. The number of aliphatic carboxylic acids is 1. The van der Waals surface area contributed by atoms with Crippen molar-refractivity contribution in [3.8, 4) is 0 Å². The van der Waals surface area contributed by atoms with Crippen LogP contribution in [0.1, 0.15) is 54.4 Å². The van der Waals surface area contributed by atoms with Crippen molar-refractivity contribution in [2.75, 3.05) is 5.32 Å². The number of carboxylic acids is 2. The highest BCUT2D eigenvalue weighted by Crippen LogP contribution is 2.65. The summed E-state index contributed by atoms with van der Waals surface area (Å²) in [4.78, 5) is 23.5. The molecule has 2 unspecified atom stereocenters. The van der Waals surface area contributed by atoms with Gasteiger partial charge < -0.3 is 15.5 Å². The van der Waals surface area contributed by atoms with E-state index in [-0.39, 0.29) is 11.0 Å². The van der Waals surface area contributed by atoms with Crippen LogP contribution in [0, 0.1) is 17.3 Å². The van der Waals surface area contributed by atoms with Crippen LogP contribution in [0.5, 0.6) is 0 Å². The number of para-hydroxylation sites is 1. The van der Waals surface area contributed by atoms with E-state index in [9.17, 15) is 19.8 Å². The lowest BCUT2D eigenvalue weighted by atomic mass is 9.43.